The third kappa shape index (κ3) is 12.6. The monoisotopic (exact) mass is 942 g/mol. The first kappa shape index (κ1) is 50.0. The van der Waals surface area contributed by atoms with Crippen LogP contribution in [0.2, 0.25) is 0 Å². The Morgan fingerprint density at radius 1 is 0.779 bits per heavy atom. The van der Waals surface area contributed by atoms with E-state index in [0.717, 1.165) is 34.2 Å². The molecule has 68 heavy (non-hydrogen) atoms. The van der Waals surface area contributed by atoms with Gasteiger partial charge >= 0.3 is 0 Å². The number of methoxy groups -OCH3 is 1. The summed E-state index contributed by atoms with van der Waals surface area (Å²) in [4.78, 5) is 68.8. The molecule has 3 aromatic carbocycles. The first-order valence-electron chi connectivity index (χ1n) is 23.1. The highest BCUT2D eigenvalue weighted by Gasteiger charge is 2.46. The van der Waals surface area contributed by atoms with Gasteiger partial charge in [0, 0.05) is 30.8 Å². The molecular weight excluding hydrogens is 884 g/mol. The molecule has 0 bridgehead atoms. The number of imide groups is 2. The molecule has 1 aliphatic carbocycles. The molecule has 7 rings (SSSR count). The molecule has 1 saturated carbocycles. The normalized spacial score (nSPS) is 19.8. The van der Waals surface area contributed by atoms with Crippen molar-refractivity contribution in [1.29, 1.82) is 0 Å². The third-order valence-electron chi connectivity index (χ3n) is 12.6. The molecule has 2 N–H and O–H groups in total. The van der Waals surface area contributed by atoms with Crippen molar-refractivity contribution < 1.29 is 66.3 Å². The van der Waals surface area contributed by atoms with Gasteiger partial charge in [-0.1, -0.05) is 13.0 Å². The SMILES string of the molecule is CO[C@]1([C@@H](C)C(=O)Nc2ccc(OCCOCCOCCOCCOCCOCCOc3cccc4c3C(=O)N(C3CCC(=O)NC3=O)C4=O)cc2)CC[C@@H](c2ccnc3ccc(F)cc32)CC1. The molecule has 5 amide bonds. The number of hydrogen-bond donors (Lipinski definition) is 2. The molecule has 17 nitrogen and oxygen atoms in total. The quantitative estimate of drug-likeness (QED) is 0.0580. The summed E-state index contributed by atoms with van der Waals surface area (Å²) in [6.45, 7) is 6.02. The van der Waals surface area contributed by atoms with Crippen LogP contribution in [0.1, 0.15) is 77.6 Å². The van der Waals surface area contributed by atoms with Crippen molar-refractivity contribution in [3.05, 3.63) is 95.4 Å². The number of ether oxygens (including phenoxy) is 8. The number of nitrogens with one attached hydrogen (secondary N) is 2. The van der Waals surface area contributed by atoms with E-state index in [1.807, 2.05) is 13.0 Å². The highest BCUT2D eigenvalue weighted by atomic mass is 19.1. The zero-order valence-electron chi connectivity index (χ0n) is 38.5. The van der Waals surface area contributed by atoms with Crippen molar-refractivity contribution >= 4 is 46.1 Å². The lowest BCUT2D eigenvalue weighted by Gasteiger charge is -2.43. The molecule has 1 saturated heterocycles. The molecule has 18 heteroatoms. The number of carbonyl (C=O) groups is 5. The van der Waals surface area contributed by atoms with Crippen molar-refractivity contribution in [2.45, 2.75) is 63.0 Å². The number of halogens is 1. The fraction of sp³-hybridized carbons (Fsp3) is 0.480. The van der Waals surface area contributed by atoms with Gasteiger partial charge in [0.05, 0.1) is 94.2 Å². The van der Waals surface area contributed by atoms with E-state index in [1.165, 1.54) is 12.1 Å². The van der Waals surface area contributed by atoms with E-state index < -0.39 is 41.2 Å². The van der Waals surface area contributed by atoms with E-state index >= 15 is 0 Å². The van der Waals surface area contributed by atoms with Crippen LogP contribution in [0.5, 0.6) is 11.5 Å². The lowest BCUT2D eigenvalue weighted by Crippen LogP contribution is -2.54. The lowest BCUT2D eigenvalue weighted by molar-refractivity contribution is -0.137. The molecule has 4 aromatic rings. The Morgan fingerprint density at radius 2 is 1.40 bits per heavy atom. The van der Waals surface area contributed by atoms with E-state index in [4.69, 9.17) is 37.9 Å². The van der Waals surface area contributed by atoms with E-state index in [9.17, 15) is 28.4 Å². The Labute approximate surface area is 394 Å². The summed E-state index contributed by atoms with van der Waals surface area (Å²) in [6.07, 6.45) is 4.92. The number of amides is 5. The summed E-state index contributed by atoms with van der Waals surface area (Å²) in [6, 6.07) is 17.5. The molecule has 364 valence electrons. The lowest BCUT2D eigenvalue weighted by atomic mass is 9.70. The first-order valence-corrected chi connectivity index (χ1v) is 23.1. The Morgan fingerprint density at radius 3 is 2.01 bits per heavy atom. The molecular formula is C50H59FN4O13. The average Bonchev–Trinajstić information content (AvgIpc) is 3.60. The molecule has 3 heterocycles. The van der Waals surface area contributed by atoms with Gasteiger partial charge in [-0.15, -0.1) is 0 Å². The van der Waals surface area contributed by atoms with E-state index in [2.05, 4.69) is 15.6 Å². The average molecular weight is 943 g/mol. The van der Waals surface area contributed by atoms with Crippen LogP contribution >= 0.6 is 0 Å². The fourth-order valence-electron chi connectivity index (χ4n) is 8.87. The third-order valence-corrected chi connectivity index (χ3v) is 12.6. The number of pyridine rings is 1. The number of rotatable bonds is 26. The van der Waals surface area contributed by atoms with Crippen LogP contribution in [0, 0.1) is 11.7 Å². The van der Waals surface area contributed by atoms with Crippen LogP contribution in [0.15, 0.2) is 72.9 Å². The molecule has 1 aromatic heterocycles. The standard InChI is InChI=1S/C50H59FN4O13/c1-33(50(61-2)17-14-34(15-18-50)38-16-19-52-41-11-6-35(51)32-40(38)41)46(57)53-36-7-9-37(10-8-36)67-30-28-65-26-24-63-22-20-62-21-23-64-25-27-66-29-31-68-43-5-3-4-39-45(43)49(60)55(48(39)59)42-12-13-44(56)54-47(42)58/h3-11,16,19,32-34,42H,12-15,17-18,20-31H2,1-2H3,(H,53,57)(H,54,56,58)/t33-,34-,42?,50-/m0/s1. The Hall–Kier alpha value is -5.89. The highest BCUT2D eigenvalue weighted by molar-refractivity contribution is 6.24. The Kier molecular flexibility index (Phi) is 17.9. The largest absolute Gasteiger partial charge is 0.491 e. The maximum Gasteiger partial charge on any atom is 0.266 e. The van der Waals surface area contributed by atoms with Crippen molar-refractivity contribution in [2.24, 2.45) is 5.92 Å². The molecule has 0 radical (unpaired) electrons. The number of anilines is 1. The predicted octanol–water partition coefficient (Wildman–Crippen LogP) is 5.63. The number of fused-ring (bicyclic) bond motifs is 2. The minimum Gasteiger partial charge on any atom is -0.491 e. The van der Waals surface area contributed by atoms with Gasteiger partial charge in [0.2, 0.25) is 17.7 Å². The summed E-state index contributed by atoms with van der Waals surface area (Å²) < 4.78 is 59.5. The number of hydrogen-bond acceptors (Lipinski definition) is 14. The van der Waals surface area contributed by atoms with Crippen molar-refractivity contribution in [2.75, 3.05) is 91.7 Å². The molecule has 2 aliphatic heterocycles. The maximum absolute atomic E-state index is 14.1. The van der Waals surface area contributed by atoms with Gasteiger partial charge in [-0.25, -0.2) is 4.39 Å². The van der Waals surface area contributed by atoms with Gasteiger partial charge in [0.15, 0.2) is 0 Å². The van der Waals surface area contributed by atoms with Gasteiger partial charge < -0.3 is 43.2 Å². The zero-order chi connectivity index (χ0) is 47.9. The van der Waals surface area contributed by atoms with Gasteiger partial charge in [-0.2, -0.15) is 0 Å². The summed E-state index contributed by atoms with van der Waals surface area (Å²) in [5, 5.41) is 6.05. The summed E-state index contributed by atoms with van der Waals surface area (Å²) >= 11 is 0. The smallest absolute Gasteiger partial charge is 0.266 e. The molecule has 0 spiro atoms. The second-order valence-corrected chi connectivity index (χ2v) is 16.7. The maximum atomic E-state index is 14.1. The Bertz CT molecular complexity index is 2380. The van der Waals surface area contributed by atoms with E-state index in [1.54, 1.807) is 61.8 Å². The van der Waals surface area contributed by atoms with Gasteiger partial charge in [0.25, 0.3) is 11.8 Å². The number of carbonyl (C=O) groups excluding carboxylic acids is 5. The first-order chi connectivity index (χ1) is 33.1. The van der Waals surface area contributed by atoms with E-state index in [0.29, 0.717) is 90.3 Å². The van der Waals surface area contributed by atoms with Crippen molar-refractivity contribution in [3.8, 4) is 11.5 Å². The van der Waals surface area contributed by atoms with Gasteiger partial charge in [-0.05, 0) is 104 Å². The number of nitrogens with zero attached hydrogens (tertiary/aromatic N) is 2. The van der Waals surface area contributed by atoms with Crippen LogP contribution in [-0.2, 0) is 42.8 Å². The van der Waals surface area contributed by atoms with Crippen LogP contribution < -0.4 is 20.1 Å². The van der Waals surface area contributed by atoms with Crippen LogP contribution in [0.4, 0.5) is 10.1 Å². The second-order valence-electron chi connectivity index (χ2n) is 16.7. The molecule has 1 unspecified atom stereocenters. The van der Waals surface area contributed by atoms with E-state index in [-0.39, 0.29) is 60.6 Å². The van der Waals surface area contributed by atoms with Crippen molar-refractivity contribution in [1.82, 2.24) is 15.2 Å². The second kappa shape index (κ2) is 24.4. The van der Waals surface area contributed by atoms with Crippen LogP contribution in [0.25, 0.3) is 10.9 Å². The highest BCUT2D eigenvalue weighted by Crippen LogP contribution is 2.45. The van der Waals surface area contributed by atoms with Crippen molar-refractivity contribution in [3.63, 3.8) is 0 Å². The Balaban J connectivity index is 0.665. The molecule has 2 atom stereocenters. The topological polar surface area (TPSA) is 199 Å². The number of aromatic nitrogens is 1. The zero-order valence-corrected chi connectivity index (χ0v) is 38.5. The number of piperidine rings is 1. The predicted molar refractivity (Wildman–Crippen MR) is 245 cm³/mol. The summed E-state index contributed by atoms with van der Waals surface area (Å²) in [7, 11) is 1.67. The van der Waals surface area contributed by atoms with Gasteiger partial charge in [0.1, 0.15) is 36.6 Å². The summed E-state index contributed by atoms with van der Waals surface area (Å²) in [5.74, 6) is -2.03. The molecule has 3 aliphatic rings. The van der Waals surface area contributed by atoms with Gasteiger partial charge in [-0.3, -0.25) is 39.2 Å². The van der Waals surface area contributed by atoms with Crippen LogP contribution in [-0.4, -0.2) is 137 Å². The fourth-order valence-corrected chi connectivity index (χ4v) is 8.87. The summed E-state index contributed by atoms with van der Waals surface area (Å²) in [5.41, 5.74) is 2.16. The minimum atomic E-state index is -1.05. The van der Waals surface area contributed by atoms with Crippen LogP contribution in [0.3, 0.4) is 0 Å². The number of benzene rings is 3. The molecule has 2 fully saturated rings. The minimum absolute atomic E-state index is 0.0413.